The molecule has 7 nitrogen and oxygen atoms in total. The Kier molecular flexibility index (Phi) is 15.1. The van der Waals surface area contributed by atoms with Crippen LogP contribution < -0.4 is 24.2 Å². The molecule has 0 spiro atoms. The number of nitrogens with one attached hydrogen (secondary N) is 1. The number of carbonyl (C=O) groups excluding carboxylic acids is 2. The van der Waals surface area contributed by atoms with Gasteiger partial charge in [-0.15, -0.1) is 0 Å². The molecule has 8 heteroatoms. The van der Waals surface area contributed by atoms with Gasteiger partial charge in [-0.3, -0.25) is 0 Å². The molecular weight excluding hydrogens is 381 g/mol. The predicted molar refractivity (Wildman–Crippen MR) is 113 cm³/mol. The minimum atomic E-state index is -1.05. The van der Waals surface area contributed by atoms with Gasteiger partial charge in [-0.25, -0.2) is 9.59 Å². The van der Waals surface area contributed by atoms with Gasteiger partial charge in [0.05, 0.1) is 7.11 Å². The van der Waals surface area contributed by atoms with Crippen LogP contribution >= 0.6 is 0 Å². The van der Waals surface area contributed by atoms with Gasteiger partial charge in [-0.05, 0) is 26.3 Å². The second-order valence-corrected chi connectivity index (χ2v) is 7.92. The maximum absolute atomic E-state index is 11.8. The van der Waals surface area contributed by atoms with E-state index in [4.69, 9.17) is 9.47 Å². The minimum absolute atomic E-state index is 0. The summed E-state index contributed by atoms with van der Waals surface area (Å²) < 4.78 is 14.7. The third-order valence-electron chi connectivity index (χ3n) is 3.07. The molecule has 0 amide bonds. The summed E-state index contributed by atoms with van der Waals surface area (Å²) in [5.74, 6) is -3.52. The Labute approximate surface area is 193 Å². The number of ether oxygens (including phenoxy) is 3. The third-order valence-corrected chi connectivity index (χ3v) is 3.07. The van der Waals surface area contributed by atoms with Crippen molar-refractivity contribution in [3.8, 4) is 0 Å². The van der Waals surface area contributed by atoms with Crippen molar-refractivity contribution in [2.24, 2.45) is 0 Å². The largest absolute Gasteiger partial charge is 1.00 e. The molecule has 2 N–H and O–H groups in total. The van der Waals surface area contributed by atoms with Gasteiger partial charge in [-0.1, -0.05) is 58.0 Å². The maximum Gasteiger partial charge on any atom is 1.00 e. The molecule has 0 unspecified atom stereocenters. The van der Waals surface area contributed by atoms with E-state index in [-0.39, 0.29) is 26.9 Å². The van der Waals surface area contributed by atoms with Crippen LogP contribution in [0, 0.1) is 0 Å². The van der Waals surface area contributed by atoms with E-state index in [1.807, 2.05) is 6.07 Å². The Bertz CT molecular complexity index is 666. The fourth-order valence-corrected chi connectivity index (χ4v) is 2.13. The first-order valence-corrected chi connectivity index (χ1v) is 9.55. The molecule has 0 aliphatic carbocycles. The van der Waals surface area contributed by atoms with Crippen molar-refractivity contribution >= 4 is 11.9 Å². The molecule has 1 aromatic carbocycles. The zero-order chi connectivity index (χ0) is 22.6. The summed E-state index contributed by atoms with van der Waals surface area (Å²) in [4.78, 5) is 23.5. The molecule has 0 aromatic heterocycles. The van der Waals surface area contributed by atoms with E-state index in [0.717, 1.165) is 12.7 Å². The van der Waals surface area contributed by atoms with E-state index in [0.29, 0.717) is 12.1 Å². The molecule has 0 atom stereocenters. The van der Waals surface area contributed by atoms with Gasteiger partial charge in [0.25, 0.3) is 11.5 Å². The molecule has 0 fully saturated rings. The van der Waals surface area contributed by atoms with Gasteiger partial charge in [0.15, 0.2) is 0 Å². The molecule has 1 rings (SSSR count). The summed E-state index contributed by atoms with van der Waals surface area (Å²) >= 11 is 0. The number of methoxy groups -OCH3 is 1. The van der Waals surface area contributed by atoms with Crippen LogP contribution in [0.4, 0.5) is 0 Å². The second kappa shape index (κ2) is 14.9. The number of aliphatic hydroxyl groups is 1. The van der Waals surface area contributed by atoms with Crippen LogP contribution in [0.3, 0.4) is 0 Å². The van der Waals surface area contributed by atoms with Gasteiger partial charge < -0.3 is 26.1 Å². The number of rotatable bonds is 7. The zero-order valence-electron chi connectivity index (χ0n) is 20.7. The predicted octanol–water partition coefficient (Wildman–Crippen LogP) is 0.997. The van der Waals surface area contributed by atoms with Crippen molar-refractivity contribution < 1.29 is 49.2 Å². The molecule has 30 heavy (non-hydrogen) atoms. The molecule has 0 saturated carbocycles. The number of esters is 2. The monoisotopic (exact) mass is 417 g/mol. The molecule has 166 valence electrons. The maximum atomic E-state index is 11.8. The molecule has 0 bridgehead atoms. The van der Waals surface area contributed by atoms with Crippen LogP contribution in [0.5, 0.6) is 0 Å². The second-order valence-electron chi connectivity index (χ2n) is 7.92. The van der Waals surface area contributed by atoms with Crippen molar-refractivity contribution in [2.75, 3.05) is 7.11 Å². The summed E-state index contributed by atoms with van der Waals surface area (Å²) in [5.41, 5.74) is -0.0491. The first-order valence-electron chi connectivity index (χ1n) is 9.55. The van der Waals surface area contributed by atoms with Crippen molar-refractivity contribution in [2.45, 2.75) is 72.8 Å². The van der Waals surface area contributed by atoms with E-state index in [2.05, 4.69) is 37.7 Å². The number of hydrogen-bond donors (Lipinski definition) is 2. The Hall–Kier alpha value is -1.94. The van der Waals surface area contributed by atoms with Gasteiger partial charge in [-0.2, -0.15) is 0 Å². The average molecular weight is 417 g/mol. The average Bonchev–Trinajstić information content (AvgIpc) is 2.60. The van der Waals surface area contributed by atoms with Crippen molar-refractivity contribution in [1.29, 1.82) is 0 Å². The SMILES string of the molecule is CC(C)NC(C)C.COC(=O)/C(OCc1ccccc1)=C(\O)C(=O)OC(C)(C)C.[H-].[Li+]. The van der Waals surface area contributed by atoms with E-state index in [9.17, 15) is 14.7 Å². The summed E-state index contributed by atoms with van der Waals surface area (Å²) in [6.45, 7) is 13.5. The van der Waals surface area contributed by atoms with Crippen LogP contribution in [-0.4, -0.2) is 41.8 Å². The van der Waals surface area contributed by atoms with E-state index < -0.39 is 29.1 Å². The van der Waals surface area contributed by atoms with Crippen molar-refractivity contribution in [3.63, 3.8) is 0 Å². The van der Waals surface area contributed by atoms with E-state index in [1.165, 1.54) is 0 Å². The Morgan fingerprint density at radius 3 is 1.90 bits per heavy atom. The number of benzene rings is 1. The van der Waals surface area contributed by atoms with Crippen molar-refractivity contribution in [3.05, 3.63) is 47.4 Å². The van der Waals surface area contributed by atoms with Crippen LogP contribution in [0.1, 0.15) is 55.5 Å². The minimum Gasteiger partial charge on any atom is -1.00 e. The van der Waals surface area contributed by atoms with Crippen LogP contribution in [0.25, 0.3) is 0 Å². The molecule has 0 saturated heterocycles. The molecule has 1 aromatic rings. The smallest absolute Gasteiger partial charge is 1.00 e. The molecule has 0 heterocycles. The quantitative estimate of drug-likeness (QED) is 0.296. The van der Waals surface area contributed by atoms with Gasteiger partial charge in [0, 0.05) is 12.1 Å². The number of hydrogen-bond acceptors (Lipinski definition) is 7. The van der Waals surface area contributed by atoms with Crippen LogP contribution in [0.15, 0.2) is 41.9 Å². The third kappa shape index (κ3) is 14.1. The van der Waals surface area contributed by atoms with Crippen LogP contribution in [-0.2, 0) is 30.4 Å². The van der Waals surface area contributed by atoms with Crippen molar-refractivity contribution in [1.82, 2.24) is 5.32 Å². The Morgan fingerprint density at radius 2 is 1.53 bits per heavy atom. The fraction of sp³-hybridized carbons (Fsp3) is 0.545. The van der Waals surface area contributed by atoms with Crippen LogP contribution in [0.2, 0.25) is 0 Å². The van der Waals surface area contributed by atoms with Gasteiger partial charge >= 0.3 is 30.8 Å². The number of aliphatic hydroxyl groups excluding tert-OH is 1. The summed E-state index contributed by atoms with van der Waals surface area (Å²) in [5, 5.41) is 13.2. The summed E-state index contributed by atoms with van der Waals surface area (Å²) in [7, 11) is 1.12. The van der Waals surface area contributed by atoms with E-state index in [1.54, 1.807) is 45.0 Å². The fourth-order valence-electron chi connectivity index (χ4n) is 2.13. The first kappa shape index (κ1) is 30.3. The molecular formula is C22H36LiNO6. The molecule has 0 radical (unpaired) electrons. The van der Waals surface area contributed by atoms with E-state index >= 15 is 0 Å². The van der Waals surface area contributed by atoms with Gasteiger partial charge in [0.2, 0.25) is 0 Å². The topological polar surface area (TPSA) is 94.1 Å². The zero-order valence-corrected chi connectivity index (χ0v) is 19.7. The molecule has 0 aliphatic rings. The summed E-state index contributed by atoms with van der Waals surface area (Å²) in [6, 6.07) is 10.2. The van der Waals surface area contributed by atoms with Gasteiger partial charge in [0.1, 0.15) is 12.2 Å². The normalized spacial score (nSPS) is 11.5. The Morgan fingerprint density at radius 1 is 1.03 bits per heavy atom. The number of carbonyl (C=O) groups is 2. The first-order chi connectivity index (χ1) is 13.4. The Balaban J connectivity index is -0.000000754. The standard InChI is InChI=1S/C16H20O6.C6H15N.Li.H/c1-16(2,3)22-14(18)12(17)13(15(19)20-4)21-10-11-8-6-5-7-9-11;1-5(2)7-6(3)4;;/h5-9,17H,10H2,1-4H3;5-7H,1-4H3;;/q;;+1;-1/b13-12+;;;. The molecule has 0 aliphatic heterocycles. The summed E-state index contributed by atoms with van der Waals surface area (Å²) in [6.07, 6.45) is 0.